The molecule has 0 amide bonds. The molecule has 2 rings (SSSR count). The van der Waals surface area contributed by atoms with Crippen molar-refractivity contribution < 1.29 is 4.74 Å². The highest BCUT2D eigenvalue weighted by molar-refractivity contribution is 7.99. The normalized spacial score (nSPS) is 10.6. The highest BCUT2D eigenvalue weighted by atomic mass is 32.2. The van der Waals surface area contributed by atoms with E-state index < -0.39 is 0 Å². The van der Waals surface area contributed by atoms with Crippen LogP contribution in [0.5, 0.6) is 5.75 Å². The number of ether oxygens (including phenoxy) is 1. The maximum absolute atomic E-state index is 6.07. The van der Waals surface area contributed by atoms with Gasteiger partial charge in [0.1, 0.15) is 11.6 Å². The molecule has 0 spiro atoms. The molecule has 2 N–H and O–H groups in total. The van der Waals surface area contributed by atoms with Crippen LogP contribution >= 0.6 is 11.8 Å². The molecule has 0 saturated carbocycles. The van der Waals surface area contributed by atoms with Crippen LogP contribution in [-0.4, -0.2) is 22.1 Å². The van der Waals surface area contributed by atoms with Crippen molar-refractivity contribution in [1.29, 1.82) is 0 Å². The molecule has 0 saturated heterocycles. The van der Waals surface area contributed by atoms with Gasteiger partial charge in [0.2, 0.25) is 0 Å². The van der Waals surface area contributed by atoms with Gasteiger partial charge < -0.3 is 10.5 Å². The molecule has 0 aliphatic carbocycles. The summed E-state index contributed by atoms with van der Waals surface area (Å²) in [5.41, 5.74) is 7.01. The van der Waals surface area contributed by atoms with Crippen LogP contribution in [0.15, 0.2) is 35.4 Å². The van der Waals surface area contributed by atoms with Crippen LogP contribution in [0.3, 0.4) is 0 Å². The topological polar surface area (TPSA) is 53.1 Å². The van der Waals surface area contributed by atoms with Crippen LogP contribution in [0.2, 0.25) is 0 Å². The quantitative estimate of drug-likeness (QED) is 0.843. The number of benzene rings is 1. The maximum Gasteiger partial charge on any atom is 0.140 e. The fourth-order valence-electron chi connectivity index (χ4n) is 1.67. The summed E-state index contributed by atoms with van der Waals surface area (Å²) in [6, 6.07) is 7.75. The Hall–Kier alpha value is -1.62. The molecule has 5 heteroatoms. The number of nitrogens with two attached hydrogens (primary N) is 1. The van der Waals surface area contributed by atoms with Crippen molar-refractivity contribution in [1.82, 2.24) is 9.78 Å². The largest absolute Gasteiger partial charge is 0.494 e. The highest BCUT2D eigenvalue weighted by Gasteiger charge is 2.08. The lowest BCUT2D eigenvalue weighted by atomic mass is 10.3. The molecular weight excluding hydrogens is 246 g/mol. The molecule has 2 aromatic rings. The molecule has 0 atom stereocenters. The third-order valence-electron chi connectivity index (χ3n) is 2.46. The van der Waals surface area contributed by atoms with E-state index in [9.17, 15) is 0 Å². The summed E-state index contributed by atoms with van der Waals surface area (Å²) in [4.78, 5) is 1.02. The van der Waals surface area contributed by atoms with Gasteiger partial charge in [-0.1, -0.05) is 6.92 Å². The van der Waals surface area contributed by atoms with Crippen molar-refractivity contribution in [2.75, 3.05) is 18.1 Å². The lowest BCUT2D eigenvalue weighted by molar-refractivity contribution is 0.340. The first kappa shape index (κ1) is 12.8. The monoisotopic (exact) mass is 263 g/mol. The average molecular weight is 263 g/mol. The van der Waals surface area contributed by atoms with Crippen LogP contribution in [0.4, 0.5) is 5.82 Å². The minimum Gasteiger partial charge on any atom is -0.494 e. The summed E-state index contributed by atoms with van der Waals surface area (Å²) < 4.78 is 7.15. The molecule has 1 aromatic carbocycles. The number of nitrogen functional groups attached to an aromatic ring is 1. The molecule has 18 heavy (non-hydrogen) atoms. The number of aromatic nitrogens is 2. The molecule has 0 bridgehead atoms. The van der Waals surface area contributed by atoms with E-state index in [0.717, 1.165) is 22.1 Å². The molecule has 1 aromatic heterocycles. The minimum atomic E-state index is 0.667. The molecule has 0 aliphatic heterocycles. The van der Waals surface area contributed by atoms with Gasteiger partial charge in [0.05, 0.1) is 23.4 Å². The van der Waals surface area contributed by atoms with E-state index >= 15 is 0 Å². The Labute approximate surface area is 111 Å². The fourth-order valence-corrected chi connectivity index (χ4v) is 2.33. The van der Waals surface area contributed by atoms with Gasteiger partial charge in [0.15, 0.2) is 0 Å². The van der Waals surface area contributed by atoms with Gasteiger partial charge in [-0.15, -0.1) is 11.8 Å². The predicted octanol–water partition coefficient (Wildman–Crippen LogP) is 2.97. The number of hydrogen-bond acceptors (Lipinski definition) is 4. The smallest absolute Gasteiger partial charge is 0.140 e. The van der Waals surface area contributed by atoms with E-state index in [1.807, 2.05) is 31.2 Å². The third kappa shape index (κ3) is 2.61. The average Bonchev–Trinajstić information content (AvgIpc) is 2.73. The summed E-state index contributed by atoms with van der Waals surface area (Å²) in [6.45, 7) is 4.73. The Kier molecular flexibility index (Phi) is 4.15. The zero-order valence-corrected chi connectivity index (χ0v) is 11.4. The maximum atomic E-state index is 6.07. The first-order valence-electron chi connectivity index (χ1n) is 5.95. The van der Waals surface area contributed by atoms with E-state index in [1.165, 1.54) is 0 Å². The number of hydrogen-bond donors (Lipinski definition) is 1. The fraction of sp³-hybridized carbons (Fsp3) is 0.308. The molecule has 0 aliphatic rings. The molecule has 0 fully saturated rings. The molecule has 4 nitrogen and oxygen atoms in total. The number of anilines is 1. The molecular formula is C13H17N3OS. The second kappa shape index (κ2) is 5.82. The van der Waals surface area contributed by atoms with Crippen molar-refractivity contribution in [2.45, 2.75) is 18.7 Å². The summed E-state index contributed by atoms with van der Waals surface area (Å²) in [5, 5.41) is 4.31. The van der Waals surface area contributed by atoms with E-state index in [1.54, 1.807) is 22.6 Å². The van der Waals surface area contributed by atoms with Gasteiger partial charge in [0.25, 0.3) is 0 Å². The van der Waals surface area contributed by atoms with E-state index in [0.29, 0.717) is 12.4 Å². The zero-order chi connectivity index (χ0) is 13.0. The van der Waals surface area contributed by atoms with Crippen LogP contribution in [0.25, 0.3) is 5.69 Å². The minimum absolute atomic E-state index is 0.667. The van der Waals surface area contributed by atoms with Gasteiger partial charge in [-0.05, 0) is 36.9 Å². The Balaban J connectivity index is 2.25. The van der Waals surface area contributed by atoms with Crippen LogP contribution < -0.4 is 10.5 Å². The Morgan fingerprint density at radius 1 is 1.28 bits per heavy atom. The number of rotatable bonds is 5. The van der Waals surface area contributed by atoms with Crippen LogP contribution in [0.1, 0.15) is 13.8 Å². The van der Waals surface area contributed by atoms with Crippen molar-refractivity contribution in [2.24, 2.45) is 0 Å². The SMILES string of the molecule is CCOc1ccc(-n2ncc(SCC)c2N)cc1. The Morgan fingerprint density at radius 3 is 2.61 bits per heavy atom. The van der Waals surface area contributed by atoms with Crippen LogP contribution in [-0.2, 0) is 0 Å². The van der Waals surface area contributed by atoms with E-state index in [4.69, 9.17) is 10.5 Å². The van der Waals surface area contributed by atoms with Gasteiger partial charge in [-0.2, -0.15) is 5.10 Å². The molecule has 1 heterocycles. The second-order valence-corrected chi connectivity index (χ2v) is 4.97. The van der Waals surface area contributed by atoms with Crippen molar-refractivity contribution in [3.8, 4) is 11.4 Å². The molecule has 0 radical (unpaired) electrons. The Bertz CT molecular complexity index is 507. The van der Waals surface area contributed by atoms with Gasteiger partial charge in [0, 0.05) is 0 Å². The van der Waals surface area contributed by atoms with Crippen LogP contribution in [0, 0.1) is 0 Å². The summed E-state index contributed by atoms with van der Waals surface area (Å²) >= 11 is 1.70. The summed E-state index contributed by atoms with van der Waals surface area (Å²) in [7, 11) is 0. The van der Waals surface area contributed by atoms with E-state index in [-0.39, 0.29) is 0 Å². The van der Waals surface area contributed by atoms with Gasteiger partial charge in [-0.3, -0.25) is 0 Å². The standard InChI is InChI=1S/C13H17N3OS/c1-3-17-11-7-5-10(6-8-11)16-13(14)12(9-15-16)18-4-2/h5-9H,3-4,14H2,1-2H3. The van der Waals surface area contributed by atoms with Crippen molar-refractivity contribution >= 4 is 17.6 Å². The lowest BCUT2D eigenvalue weighted by Crippen LogP contribution is -2.02. The van der Waals surface area contributed by atoms with Crippen molar-refractivity contribution in [3.63, 3.8) is 0 Å². The Morgan fingerprint density at radius 2 is 2.00 bits per heavy atom. The summed E-state index contributed by atoms with van der Waals surface area (Å²) in [5.74, 6) is 2.53. The zero-order valence-electron chi connectivity index (χ0n) is 10.6. The number of nitrogens with zero attached hydrogens (tertiary/aromatic N) is 2. The first-order valence-corrected chi connectivity index (χ1v) is 6.94. The first-order chi connectivity index (χ1) is 8.76. The van der Waals surface area contributed by atoms with Gasteiger partial charge in [-0.25, -0.2) is 4.68 Å². The summed E-state index contributed by atoms with van der Waals surface area (Å²) in [6.07, 6.45) is 1.81. The van der Waals surface area contributed by atoms with Crippen molar-refractivity contribution in [3.05, 3.63) is 30.5 Å². The lowest BCUT2D eigenvalue weighted by Gasteiger charge is -2.07. The van der Waals surface area contributed by atoms with E-state index in [2.05, 4.69) is 12.0 Å². The predicted molar refractivity (Wildman–Crippen MR) is 75.5 cm³/mol. The molecule has 96 valence electrons. The third-order valence-corrected chi connectivity index (χ3v) is 3.38. The highest BCUT2D eigenvalue weighted by Crippen LogP contribution is 2.27. The molecule has 0 unspecified atom stereocenters. The second-order valence-electron chi connectivity index (χ2n) is 3.67. The number of thioether (sulfide) groups is 1. The van der Waals surface area contributed by atoms with Gasteiger partial charge >= 0.3 is 0 Å².